The van der Waals surface area contributed by atoms with E-state index in [-0.39, 0.29) is 0 Å². The maximum absolute atomic E-state index is 5.24. The number of hydrogen-bond acceptors (Lipinski definition) is 5. The number of guanidine groups is 1. The van der Waals surface area contributed by atoms with E-state index >= 15 is 0 Å². The number of aromatic nitrogens is 4. The third-order valence-corrected chi connectivity index (χ3v) is 3.42. The van der Waals surface area contributed by atoms with Crippen molar-refractivity contribution in [2.24, 2.45) is 4.99 Å². The number of hydrogen-bond donors (Lipinski definition) is 2. The highest BCUT2D eigenvalue weighted by Gasteiger charge is 2.07. The smallest absolute Gasteiger partial charge is 0.191 e. The van der Waals surface area contributed by atoms with E-state index in [1.165, 1.54) is 0 Å². The fraction of sp³-hybridized carbons (Fsp3) is 0.333. The van der Waals surface area contributed by atoms with Crippen molar-refractivity contribution in [3.8, 4) is 0 Å². The molecule has 8 heteroatoms. The molecule has 3 rings (SSSR count). The van der Waals surface area contributed by atoms with Crippen LogP contribution >= 0.6 is 0 Å². The summed E-state index contributed by atoms with van der Waals surface area (Å²) in [5.74, 6) is 2.25. The van der Waals surface area contributed by atoms with Gasteiger partial charge in [0.05, 0.1) is 18.8 Å². The summed E-state index contributed by atoms with van der Waals surface area (Å²) < 4.78 is 7.17. The molecule has 0 aromatic carbocycles. The second kappa shape index (κ2) is 6.91. The zero-order valence-electron chi connectivity index (χ0n) is 13.2. The van der Waals surface area contributed by atoms with Crippen LogP contribution < -0.4 is 10.6 Å². The molecule has 120 valence electrons. The van der Waals surface area contributed by atoms with Crippen molar-refractivity contribution in [1.29, 1.82) is 0 Å². The monoisotopic (exact) mass is 313 g/mol. The largest absolute Gasteiger partial charge is 0.359 e. The van der Waals surface area contributed by atoms with Crippen LogP contribution in [0.4, 0.5) is 0 Å². The Morgan fingerprint density at radius 2 is 2.13 bits per heavy atom. The zero-order chi connectivity index (χ0) is 16.1. The van der Waals surface area contributed by atoms with Crippen molar-refractivity contribution in [3.05, 3.63) is 47.7 Å². The minimum atomic E-state index is 0.515. The molecule has 0 radical (unpaired) electrons. The molecule has 0 aliphatic carbocycles. The van der Waals surface area contributed by atoms with E-state index in [0.29, 0.717) is 19.0 Å². The Balaban J connectivity index is 1.57. The van der Waals surface area contributed by atoms with Gasteiger partial charge in [-0.2, -0.15) is 0 Å². The van der Waals surface area contributed by atoms with Crippen LogP contribution in [-0.4, -0.2) is 32.8 Å². The fourth-order valence-electron chi connectivity index (χ4n) is 2.17. The minimum absolute atomic E-state index is 0.515. The molecular formula is C15H19N7O. The first-order valence-corrected chi connectivity index (χ1v) is 7.47. The second-order valence-corrected chi connectivity index (χ2v) is 4.96. The average molecular weight is 313 g/mol. The predicted molar refractivity (Wildman–Crippen MR) is 85.9 cm³/mol. The van der Waals surface area contributed by atoms with E-state index in [9.17, 15) is 0 Å². The van der Waals surface area contributed by atoms with Crippen molar-refractivity contribution < 1.29 is 4.52 Å². The maximum Gasteiger partial charge on any atom is 0.191 e. The highest BCUT2D eigenvalue weighted by molar-refractivity contribution is 5.79. The van der Waals surface area contributed by atoms with E-state index in [4.69, 9.17) is 4.52 Å². The summed E-state index contributed by atoms with van der Waals surface area (Å²) in [5, 5.41) is 18.6. The van der Waals surface area contributed by atoms with Gasteiger partial charge in [0, 0.05) is 19.3 Å². The Kier molecular flexibility index (Phi) is 4.51. The zero-order valence-corrected chi connectivity index (χ0v) is 13.2. The molecule has 0 atom stereocenters. The van der Waals surface area contributed by atoms with Gasteiger partial charge in [-0.15, -0.1) is 10.2 Å². The number of aliphatic imine (C=N–C) groups is 1. The fourth-order valence-corrected chi connectivity index (χ4v) is 2.17. The Morgan fingerprint density at radius 3 is 2.91 bits per heavy atom. The van der Waals surface area contributed by atoms with Crippen molar-refractivity contribution in [2.45, 2.75) is 26.4 Å². The van der Waals surface area contributed by atoms with Gasteiger partial charge >= 0.3 is 0 Å². The van der Waals surface area contributed by atoms with Crippen molar-refractivity contribution >= 4 is 11.6 Å². The molecule has 8 nitrogen and oxygen atoms in total. The van der Waals surface area contributed by atoms with E-state index in [1.54, 1.807) is 7.05 Å². The summed E-state index contributed by atoms with van der Waals surface area (Å²) in [5.41, 5.74) is 1.76. The molecule has 0 aliphatic rings. The van der Waals surface area contributed by atoms with Gasteiger partial charge in [0.2, 0.25) is 0 Å². The average Bonchev–Trinajstić information content (AvgIpc) is 3.22. The van der Waals surface area contributed by atoms with Gasteiger partial charge in [-0.1, -0.05) is 18.1 Å². The maximum atomic E-state index is 5.24. The quantitative estimate of drug-likeness (QED) is 0.542. The van der Waals surface area contributed by atoms with E-state index in [1.807, 2.05) is 41.8 Å². The summed E-state index contributed by atoms with van der Waals surface area (Å²) in [6.45, 7) is 3.08. The number of aryl methyl sites for hydroxylation is 1. The number of pyridine rings is 1. The van der Waals surface area contributed by atoms with Crippen molar-refractivity contribution in [2.75, 3.05) is 7.05 Å². The Bertz CT molecular complexity index is 805. The van der Waals surface area contributed by atoms with Gasteiger partial charge in [0.25, 0.3) is 0 Å². The first-order valence-electron chi connectivity index (χ1n) is 7.47. The lowest BCUT2D eigenvalue weighted by Crippen LogP contribution is -2.36. The summed E-state index contributed by atoms with van der Waals surface area (Å²) >= 11 is 0. The molecule has 3 aromatic rings. The van der Waals surface area contributed by atoms with E-state index in [2.05, 4.69) is 31.0 Å². The first kappa shape index (κ1) is 15.0. The molecule has 0 saturated heterocycles. The Labute approximate surface area is 133 Å². The van der Waals surface area contributed by atoms with Gasteiger partial charge in [-0.25, -0.2) is 0 Å². The Hall–Kier alpha value is -2.90. The number of nitrogens with zero attached hydrogens (tertiary/aromatic N) is 5. The molecule has 0 bridgehead atoms. The SMILES string of the molecule is CCc1cc(CNC(=NC)NCc2nnc3ccccn23)on1. The third kappa shape index (κ3) is 3.47. The Morgan fingerprint density at radius 1 is 1.26 bits per heavy atom. The number of nitrogens with one attached hydrogen (secondary N) is 2. The van der Waals surface area contributed by atoms with Crippen LogP contribution in [0.1, 0.15) is 24.2 Å². The molecular weight excluding hydrogens is 294 g/mol. The molecule has 0 saturated carbocycles. The molecule has 0 fully saturated rings. The number of rotatable bonds is 5. The van der Waals surface area contributed by atoms with Crippen molar-refractivity contribution in [1.82, 2.24) is 30.4 Å². The normalized spacial score (nSPS) is 11.8. The third-order valence-electron chi connectivity index (χ3n) is 3.42. The minimum Gasteiger partial charge on any atom is -0.359 e. The topological polar surface area (TPSA) is 92.6 Å². The molecule has 2 N–H and O–H groups in total. The van der Waals surface area contributed by atoms with E-state index in [0.717, 1.165) is 29.3 Å². The van der Waals surface area contributed by atoms with Gasteiger partial charge in [0.15, 0.2) is 23.2 Å². The van der Waals surface area contributed by atoms with Crippen molar-refractivity contribution in [3.63, 3.8) is 0 Å². The van der Waals surface area contributed by atoms with E-state index < -0.39 is 0 Å². The number of fused-ring (bicyclic) bond motifs is 1. The highest BCUT2D eigenvalue weighted by atomic mass is 16.5. The van der Waals surface area contributed by atoms with Crippen LogP contribution in [0.15, 0.2) is 40.0 Å². The standard InChI is InChI=1S/C15H19N7O/c1-3-11-8-12(23-21-11)9-17-15(16-2)18-10-14-20-19-13-6-4-5-7-22(13)14/h4-8H,3,9-10H2,1-2H3,(H2,16,17,18). The second-order valence-electron chi connectivity index (χ2n) is 4.96. The molecule has 0 aliphatic heterocycles. The molecule has 23 heavy (non-hydrogen) atoms. The summed E-state index contributed by atoms with van der Waals surface area (Å²) in [6, 6.07) is 7.73. The first-order chi connectivity index (χ1) is 11.3. The lowest BCUT2D eigenvalue weighted by atomic mass is 10.3. The van der Waals surface area contributed by atoms with Crippen LogP contribution in [0, 0.1) is 0 Å². The van der Waals surface area contributed by atoms with Gasteiger partial charge in [-0.05, 0) is 18.6 Å². The summed E-state index contributed by atoms with van der Waals surface area (Å²) in [4.78, 5) is 4.18. The lowest BCUT2D eigenvalue weighted by Gasteiger charge is -2.09. The summed E-state index contributed by atoms with van der Waals surface area (Å²) in [7, 11) is 1.72. The molecule has 0 amide bonds. The van der Waals surface area contributed by atoms with Crippen LogP contribution in [0.5, 0.6) is 0 Å². The van der Waals surface area contributed by atoms with Gasteiger partial charge < -0.3 is 15.2 Å². The van der Waals surface area contributed by atoms with Crippen LogP contribution in [0.2, 0.25) is 0 Å². The molecule has 0 unspecified atom stereocenters. The summed E-state index contributed by atoms with van der Waals surface area (Å²) in [6.07, 6.45) is 2.79. The predicted octanol–water partition coefficient (Wildman–Crippen LogP) is 1.14. The van der Waals surface area contributed by atoms with Gasteiger partial charge in [-0.3, -0.25) is 9.39 Å². The molecule has 3 heterocycles. The lowest BCUT2D eigenvalue weighted by molar-refractivity contribution is 0.374. The van der Waals surface area contributed by atoms with Crippen LogP contribution in [0.3, 0.4) is 0 Å². The molecule has 3 aromatic heterocycles. The van der Waals surface area contributed by atoms with Gasteiger partial charge in [0.1, 0.15) is 0 Å². The van der Waals surface area contributed by atoms with Crippen LogP contribution in [-0.2, 0) is 19.5 Å². The molecule has 0 spiro atoms. The highest BCUT2D eigenvalue weighted by Crippen LogP contribution is 2.04. The van der Waals surface area contributed by atoms with Crippen LogP contribution in [0.25, 0.3) is 5.65 Å².